The number of rotatable bonds is 6. The van der Waals surface area contributed by atoms with Crippen molar-refractivity contribution in [1.82, 2.24) is 5.32 Å². The lowest BCUT2D eigenvalue weighted by molar-refractivity contribution is 0.404. The Morgan fingerprint density at radius 2 is 2.00 bits per heavy atom. The van der Waals surface area contributed by atoms with Crippen molar-refractivity contribution < 1.29 is 4.74 Å². The van der Waals surface area contributed by atoms with Gasteiger partial charge in [0.2, 0.25) is 0 Å². The van der Waals surface area contributed by atoms with Gasteiger partial charge in [-0.15, -0.1) is 0 Å². The Hall–Kier alpha value is -0.780. The minimum absolute atomic E-state index is 0.0793. The highest BCUT2D eigenvalue weighted by molar-refractivity contribution is 14.1. The van der Waals surface area contributed by atoms with Gasteiger partial charge in [0.1, 0.15) is 5.75 Å². The van der Waals surface area contributed by atoms with Crippen molar-refractivity contribution in [2.75, 3.05) is 13.7 Å². The molecule has 0 aliphatic rings. The molecule has 21 heavy (non-hydrogen) atoms. The third kappa shape index (κ3) is 4.11. The van der Waals surface area contributed by atoms with Gasteiger partial charge in [-0.25, -0.2) is 0 Å². The molecule has 0 radical (unpaired) electrons. The van der Waals surface area contributed by atoms with Crippen LogP contribution in [-0.4, -0.2) is 13.7 Å². The van der Waals surface area contributed by atoms with Crippen molar-refractivity contribution in [2.24, 2.45) is 0 Å². The smallest absolute Gasteiger partial charge is 0.123 e. The molecule has 2 aromatic rings. The molecule has 0 saturated carbocycles. The van der Waals surface area contributed by atoms with Crippen LogP contribution in [-0.2, 0) is 0 Å². The number of nitrogens with one attached hydrogen (secondary N) is 1. The van der Waals surface area contributed by atoms with Gasteiger partial charge >= 0.3 is 0 Å². The van der Waals surface area contributed by atoms with Crippen molar-refractivity contribution in [3.05, 3.63) is 62.2 Å². The topological polar surface area (TPSA) is 21.3 Å². The molecule has 0 heterocycles. The van der Waals surface area contributed by atoms with Crippen LogP contribution in [0.15, 0.2) is 42.5 Å². The van der Waals surface area contributed by atoms with Crippen LogP contribution < -0.4 is 10.1 Å². The monoisotopic (exact) mass is 415 g/mol. The molecule has 0 aliphatic carbocycles. The van der Waals surface area contributed by atoms with E-state index < -0.39 is 0 Å². The molecule has 0 aromatic heterocycles. The minimum atomic E-state index is 0.0793. The molecule has 0 aliphatic heterocycles. The summed E-state index contributed by atoms with van der Waals surface area (Å²) in [6.07, 6.45) is 1.07. The van der Waals surface area contributed by atoms with Crippen molar-refractivity contribution >= 4 is 34.2 Å². The molecule has 0 saturated heterocycles. The van der Waals surface area contributed by atoms with Gasteiger partial charge in [-0.1, -0.05) is 42.8 Å². The van der Waals surface area contributed by atoms with E-state index in [0.717, 1.165) is 38.4 Å². The van der Waals surface area contributed by atoms with Crippen LogP contribution in [0.25, 0.3) is 0 Å². The maximum absolute atomic E-state index is 6.29. The molecular formula is C17H19ClINO. The van der Waals surface area contributed by atoms with Gasteiger partial charge in [0.25, 0.3) is 0 Å². The van der Waals surface area contributed by atoms with Crippen LogP contribution in [0.2, 0.25) is 5.02 Å². The lowest BCUT2D eigenvalue weighted by atomic mass is 9.97. The Kier molecular flexibility index (Phi) is 6.33. The maximum Gasteiger partial charge on any atom is 0.123 e. The highest BCUT2D eigenvalue weighted by Gasteiger charge is 2.18. The van der Waals surface area contributed by atoms with Gasteiger partial charge in [0.05, 0.1) is 18.2 Å². The normalized spacial score (nSPS) is 12.2. The van der Waals surface area contributed by atoms with E-state index >= 15 is 0 Å². The standard InChI is InChI=1S/C17H19ClINO/c1-3-10-20-17(12-8-9-15(19)14(18)11-12)13-6-4-5-7-16(13)21-2/h4-9,11,17,20H,3,10H2,1-2H3. The predicted molar refractivity (Wildman–Crippen MR) is 97.3 cm³/mol. The zero-order chi connectivity index (χ0) is 15.2. The Balaban J connectivity index is 2.44. The summed E-state index contributed by atoms with van der Waals surface area (Å²) < 4.78 is 6.57. The molecule has 2 nitrogen and oxygen atoms in total. The Morgan fingerprint density at radius 3 is 2.67 bits per heavy atom. The Morgan fingerprint density at radius 1 is 1.24 bits per heavy atom. The van der Waals surface area contributed by atoms with Gasteiger partial charge in [0.15, 0.2) is 0 Å². The van der Waals surface area contributed by atoms with E-state index in [0.29, 0.717) is 0 Å². The van der Waals surface area contributed by atoms with Crippen molar-refractivity contribution in [3.8, 4) is 5.75 Å². The molecule has 1 atom stereocenters. The quantitative estimate of drug-likeness (QED) is 0.667. The zero-order valence-corrected chi connectivity index (χ0v) is 15.1. The SMILES string of the molecule is CCCNC(c1ccc(I)c(Cl)c1)c1ccccc1OC. The summed E-state index contributed by atoms with van der Waals surface area (Å²) in [6.45, 7) is 3.10. The first-order chi connectivity index (χ1) is 10.2. The molecule has 2 rings (SSSR count). The fraction of sp³-hybridized carbons (Fsp3) is 0.294. The second-order valence-electron chi connectivity index (χ2n) is 4.80. The van der Waals surface area contributed by atoms with Gasteiger partial charge in [-0.3, -0.25) is 0 Å². The molecule has 0 fully saturated rings. The summed E-state index contributed by atoms with van der Waals surface area (Å²) in [4.78, 5) is 0. The molecule has 0 bridgehead atoms. The summed E-state index contributed by atoms with van der Waals surface area (Å²) in [5, 5.41) is 4.37. The molecule has 2 aromatic carbocycles. The largest absolute Gasteiger partial charge is 0.496 e. The van der Waals surface area contributed by atoms with Crippen LogP contribution in [0.1, 0.15) is 30.5 Å². The van der Waals surface area contributed by atoms with Crippen molar-refractivity contribution in [3.63, 3.8) is 0 Å². The fourth-order valence-corrected chi connectivity index (χ4v) is 2.82. The number of para-hydroxylation sites is 1. The van der Waals surface area contributed by atoms with Gasteiger partial charge in [0, 0.05) is 9.13 Å². The van der Waals surface area contributed by atoms with E-state index in [2.05, 4.69) is 47.0 Å². The molecule has 4 heteroatoms. The summed E-state index contributed by atoms with van der Waals surface area (Å²) >= 11 is 8.53. The molecular weight excluding hydrogens is 397 g/mol. The third-order valence-electron chi connectivity index (χ3n) is 3.33. The lowest BCUT2D eigenvalue weighted by Crippen LogP contribution is -2.23. The highest BCUT2D eigenvalue weighted by atomic mass is 127. The molecule has 112 valence electrons. The Labute approximate surface area is 145 Å². The van der Waals surface area contributed by atoms with E-state index in [9.17, 15) is 0 Å². The average Bonchev–Trinajstić information content (AvgIpc) is 2.51. The number of hydrogen-bond acceptors (Lipinski definition) is 2. The summed E-state index contributed by atoms with van der Waals surface area (Å²) in [6, 6.07) is 14.4. The van der Waals surface area contributed by atoms with E-state index in [1.54, 1.807) is 7.11 Å². The maximum atomic E-state index is 6.29. The van der Waals surface area contributed by atoms with Crippen LogP contribution in [0.5, 0.6) is 5.75 Å². The van der Waals surface area contributed by atoms with Crippen molar-refractivity contribution in [2.45, 2.75) is 19.4 Å². The first kappa shape index (κ1) is 16.6. The van der Waals surface area contributed by atoms with Crippen LogP contribution in [0, 0.1) is 3.57 Å². The van der Waals surface area contributed by atoms with Gasteiger partial charge in [-0.05, 0) is 59.3 Å². The average molecular weight is 416 g/mol. The molecule has 0 spiro atoms. The van der Waals surface area contributed by atoms with Crippen LogP contribution in [0.4, 0.5) is 0 Å². The second-order valence-corrected chi connectivity index (χ2v) is 6.37. The number of methoxy groups -OCH3 is 1. The zero-order valence-electron chi connectivity index (χ0n) is 12.2. The van der Waals surface area contributed by atoms with E-state index in [1.807, 2.05) is 30.3 Å². The summed E-state index contributed by atoms with van der Waals surface area (Å²) in [7, 11) is 1.70. The van der Waals surface area contributed by atoms with Gasteiger partial charge in [-0.2, -0.15) is 0 Å². The van der Waals surface area contributed by atoms with E-state index in [1.165, 1.54) is 0 Å². The minimum Gasteiger partial charge on any atom is -0.496 e. The van der Waals surface area contributed by atoms with E-state index in [-0.39, 0.29) is 6.04 Å². The molecule has 1 N–H and O–H groups in total. The van der Waals surface area contributed by atoms with Crippen LogP contribution >= 0.6 is 34.2 Å². The first-order valence-electron chi connectivity index (χ1n) is 6.98. The van der Waals surface area contributed by atoms with Crippen LogP contribution in [0.3, 0.4) is 0 Å². The second kappa shape index (κ2) is 8.01. The highest BCUT2D eigenvalue weighted by Crippen LogP contribution is 2.32. The number of benzene rings is 2. The summed E-state index contributed by atoms with van der Waals surface area (Å²) in [5.41, 5.74) is 2.28. The molecule has 0 amide bonds. The van der Waals surface area contributed by atoms with Gasteiger partial charge < -0.3 is 10.1 Å². The first-order valence-corrected chi connectivity index (χ1v) is 8.44. The summed E-state index contributed by atoms with van der Waals surface area (Å²) in [5.74, 6) is 0.890. The Bertz CT molecular complexity index is 603. The molecule has 1 unspecified atom stereocenters. The number of hydrogen-bond donors (Lipinski definition) is 1. The predicted octanol–water partition coefficient (Wildman–Crippen LogP) is 5.04. The number of halogens is 2. The number of ether oxygens (including phenoxy) is 1. The third-order valence-corrected chi connectivity index (χ3v) is 4.90. The fourth-order valence-electron chi connectivity index (χ4n) is 2.29. The van der Waals surface area contributed by atoms with E-state index in [4.69, 9.17) is 16.3 Å². The van der Waals surface area contributed by atoms with Crippen molar-refractivity contribution in [1.29, 1.82) is 0 Å². The lowest BCUT2D eigenvalue weighted by Gasteiger charge is -2.22.